The Morgan fingerprint density at radius 3 is 2.17 bits per heavy atom. The molecule has 1 saturated heterocycles. The number of aromatic nitrogens is 1. The van der Waals surface area contributed by atoms with Gasteiger partial charge in [-0.15, -0.1) is 0 Å². The summed E-state index contributed by atoms with van der Waals surface area (Å²) in [4.78, 5) is 22.6. The Hall–Kier alpha value is -2.42. The first-order valence-corrected chi connectivity index (χ1v) is 17.5. The van der Waals surface area contributed by atoms with E-state index in [1.165, 1.54) is 33.8 Å². The zero-order valence-corrected chi connectivity index (χ0v) is 25.5. The van der Waals surface area contributed by atoms with Crippen LogP contribution in [0.5, 0.6) is 0 Å². The molecule has 1 amide bonds. The molecule has 0 spiro atoms. The molecule has 0 bridgehead atoms. The molecular weight excluding hydrogens is 573 g/mol. The molecule has 13 heteroatoms. The second-order valence-electron chi connectivity index (χ2n) is 9.74. The Bertz CT molecular complexity index is 1530. The van der Waals surface area contributed by atoms with E-state index in [4.69, 9.17) is 4.74 Å². The zero-order chi connectivity index (χ0) is 28.9. The molecule has 2 aromatic carbocycles. The van der Waals surface area contributed by atoms with Crippen molar-refractivity contribution in [2.75, 3.05) is 63.6 Å². The van der Waals surface area contributed by atoms with Crippen molar-refractivity contribution in [3.63, 3.8) is 0 Å². The fraction of sp³-hybridized carbons (Fsp3) is 0.481. The van der Waals surface area contributed by atoms with Crippen molar-refractivity contribution in [2.24, 2.45) is 0 Å². The van der Waals surface area contributed by atoms with Gasteiger partial charge in [-0.05, 0) is 55.3 Å². The van der Waals surface area contributed by atoms with Crippen molar-refractivity contribution in [2.45, 2.75) is 36.5 Å². The third kappa shape index (κ3) is 7.07. The van der Waals surface area contributed by atoms with Crippen molar-refractivity contribution in [1.29, 1.82) is 0 Å². The van der Waals surface area contributed by atoms with Crippen LogP contribution in [0.15, 0.2) is 52.3 Å². The van der Waals surface area contributed by atoms with E-state index in [1.807, 2.05) is 13.8 Å². The van der Waals surface area contributed by atoms with Crippen LogP contribution in [0.25, 0.3) is 10.2 Å². The molecule has 1 fully saturated rings. The van der Waals surface area contributed by atoms with Gasteiger partial charge in [-0.3, -0.25) is 14.6 Å². The van der Waals surface area contributed by atoms with E-state index in [9.17, 15) is 21.6 Å². The highest BCUT2D eigenvalue weighted by Crippen LogP contribution is 2.32. The van der Waals surface area contributed by atoms with Gasteiger partial charge in [0.15, 0.2) is 15.0 Å². The minimum atomic E-state index is -3.67. The van der Waals surface area contributed by atoms with E-state index >= 15 is 0 Å². The third-order valence-corrected chi connectivity index (χ3v) is 10.7. The number of ether oxygens (including phenoxy) is 1. The van der Waals surface area contributed by atoms with Crippen LogP contribution in [-0.2, 0) is 24.6 Å². The molecule has 40 heavy (non-hydrogen) atoms. The van der Waals surface area contributed by atoms with Crippen molar-refractivity contribution >= 4 is 52.5 Å². The van der Waals surface area contributed by atoms with Gasteiger partial charge in [-0.2, -0.15) is 4.31 Å². The van der Waals surface area contributed by atoms with Crippen LogP contribution in [0.1, 0.15) is 37.0 Å². The predicted octanol–water partition coefficient (Wildman–Crippen LogP) is 3.49. The number of nitrogens with zero attached hydrogens (tertiary/aromatic N) is 4. The van der Waals surface area contributed by atoms with Crippen LogP contribution >= 0.6 is 11.3 Å². The minimum absolute atomic E-state index is 0.152. The highest BCUT2D eigenvalue weighted by Gasteiger charge is 2.26. The van der Waals surface area contributed by atoms with E-state index in [2.05, 4.69) is 9.88 Å². The van der Waals surface area contributed by atoms with Gasteiger partial charge in [0.25, 0.3) is 5.91 Å². The number of morpholine rings is 1. The molecule has 0 unspecified atom stereocenters. The van der Waals surface area contributed by atoms with Crippen LogP contribution in [0, 0.1) is 0 Å². The number of thiazole rings is 1. The number of anilines is 1. The van der Waals surface area contributed by atoms with E-state index in [0.717, 1.165) is 19.3 Å². The lowest BCUT2D eigenvalue weighted by atomic mass is 10.2. The fourth-order valence-corrected chi connectivity index (χ4v) is 7.89. The van der Waals surface area contributed by atoms with Gasteiger partial charge < -0.3 is 4.74 Å². The molecule has 0 atom stereocenters. The fourth-order valence-electron chi connectivity index (χ4n) is 4.51. The maximum absolute atomic E-state index is 13.8. The van der Waals surface area contributed by atoms with Gasteiger partial charge in [0.1, 0.15) is 0 Å². The van der Waals surface area contributed by atoms with Gasteiger partial charge in [0, 0.05) is 51.1 Å². The topological polar surface area (TPSA) is 117 Å². The molecule has 218 valence electrons. The number of amides is 1. The molecule has 0 saturated carbocycles. The zero-order valence-electron chi connectivity index (χ0n) is 23.1. The average Bonchev–Trinajstić information content (AvgIpc) is 3.36. The molecule has 1 aliphatic rings. The van der Waals surface area contributed by atoms with E-state index in [1.54, 1.807) is 29.2 Å². The number of rotatable bonds is 12. The Morgan fingerprint density at radius 1 is 0.950 bits per heavy atom. The second-order valence-corrected chi connectivity index (χ2v) is 14.7. The van der Waals surface area contributed by atoms with Crippen molar-refractivity contribution in [3.05, 3.63) is 48.0 Å². The molecule has 0 radical (unpaired) electrons. The third-order valence-electron chi connectivity index (χ3n) is 6.68. The molecule has 3 aromatic rings. The summed E-state index contributed by atoms with van der Waals surface area (Å²) in [5, 5.41) is 0.452. The van der Waals surface area contributed by atoms with Gasteiger partial charge >= 0.3 is 0 Å². The van der Waals surface area contributed by atoms with Crippen molar-refractivity contribution < 1.29 is 26.4 Å². The van der Waals surface area contributed by atoms with E-state index < -0.39 is 19.9 Å². The normalized spacial score (nSPS) is 15.1. The van der Waals surface area contributed by atoms with Crippen LogP contribution < -0.4 is 4.90 Å². The van der Waals surface area contributed by atoms with Crippen molar-refractivity contribution in [3.8, 4) is 0 Å². The average molecular weight is 609 g/mol. The quantitative estimate of drug-likeness (QED) is 0.307. The van der Waals surface area contributed by atoms with Crippen LogP contribution in [0.4, 0.5) is 5.13 Å². The summed E-state index contributed by atoms with van der Waals surface area (Å²) in [6.45, 7) is 8.50. The number of hydrogen-bond acceptors (Lipinski definition) is 9. The predicted molar refractivity (Wildman–Crippen MR) is 157 cm³/mol. The highest BCUT2D eigenvalue weighted by atomic mass is 32.2. The molecule has 4 rings (SSSR count). The standard InChI is InChI=1S/C27H36N4O6S3/c1-4-12-30(13-5-2)40(35,36)22-8-6-21(7-9-22)26(32)31(15-14-29-16-18-37-19-17-29)27-28-24-11-10-23(39(3,33)34)20-25(24)38-27/h6-11,20H,4-5,12-19H2,1-3H3. The number of sulfonamides is 1. The van der Waals surface area contributed by atoms with E-state index in [-0.39, 0.29) is 15.7 Å². The van der Waals surface area contributed by atoms with E-state index in [0.29, 0.717) is 73.1 Å². The number of carbonyl (C=O) groups excluding carboxylic acids is 1. The minimum Gasteiger partial charge on any atom is -0.379 e. The Balaban J connectivity index is 1.64. The Labute approximate surface area is 240 Å². The lowest BCUT2D eigenvalue weighted by Gasteiger charge is -2.29. The summed E-state index contributed by atoms with van der Waals surface area (Å²) in [7, 11) is -7.06. The van der Waals surface area contributed by atoms with Crippen molar-refractivity contribution in [1.82, 2.24) is 14.2 Å². The molecule has 0 N–H and O–H groups in total. The summed E-state index contributed by atoms with van der Waals surface area (Å²) >= 11 is 1.25. The van der Waals surface area contributed by atoms with Gasteiger partial charge in [0.2, 0.25) is 10.0 Å². The van der Waals surface area contributed by atoms with Gasteiger partial charge in [0.05, 0.1) is 33.2 Å². The number of hydrogen-bond donors (Lipinski definition) is 0. The molecule has 1 aliphatic heterocycles. The van der Waals surface area contributed by atoms with Crippen LogP contribution in [0.2, 0.25) is 0 Å². The smallest absolute Gasteiger partial charge is 0.260 e. The maximum Gasteiger partial charge on any atom is 0.260 e. The number of benzene rings is 2. The molecule has 2 heterocycles. The summed E-state index contributed by atoms with van der Waals surface area (Å²) in [5.74, 6) is -0.307. The number of carbonyl (C=O) groups is 1. The number of fused-ring (bicyclic) bond motifs is 1. The maximum atomic E-state index is 13.8. The molecule has 1 aromatic heterocycles. The SMILES string of the molecule is CCCN(CCC)S(=O)(=O)c1ccc(C(=O)N(CCN2CCOCC2)c2nc3ccc(S(C)(=O)=O)cc3s2)cc1. The monoisotopic (exact) mass is 608 g/mol. The lowest BCUT2D eigenvalue weighted by molar-refractivity contribution is 0.0391. The highest BCUT2D eigenvalue weighted by molar-refractivity contribution is 7.90. The molecule has 0 aliphatic carbocycles. The van der Waals surface area contributed by atoms with Gasteiger partial charge in [-0.25, -0.2) is 21.8 Å². The second kappa shape index (κ2) is 13.0. The summed E-state index contributed by atoms with van der Waals surface area (Å²) < 4.78 is 58.1. The summed E-state index contributed by atoms with van der Waals surface area (Å²) in [5.41, 5.74) is 0.944. The molecular formula is C27H36N4O6S3. The lowest BCUT2D eigenvalue weighted by Crippen LogP contribution is -2.43. The first-order chi connectivity index (χ1) is 19.0. The summed E-state index contributed by atoms with van der Waals surface area (Å²) in [6.07, 6.45) is 2.57. The Kier molecular flexibility index (Phi) is 9.96. The summed E-state index contributed by atoms with van der Waals surface area (Å²) in [6, 6.07) is 10.8. The van der Waals surface area contributed by atoms with Crippen LogP contribution in [-0.4, -0.2) is 95.7 Å². The molecule has 10 nitrogen and oxygen atoms in total. The first-order valence-electron chi connectivity index (χ1n) is 13.4. The Morgan fingerprint density at radius 2 is 1.57 bits per heavy atom. The number of sulfone groups is 1. The largest absolute Gasteiger partial charge is 0.379 e. The van der Waals surface area contributed by atoms with Crippen LogP contribution in [0.3, 0.4) is 0 Å². The first kappa shape index (κ1) is 30.5. The van der Waals surface area contributed by atoms with Gasteiger partial charge in [-0.1, -0.05) is 25.2 Å².